The lowest BCUT2D eigenvalue weighted by Gasteiger charge is -2.35. The van der Waals surface area contributed by atoms with Crippen molar-refractivity contribution >= 4 is 22.7 Å². The van der Waals surface area contributed by atoms with Crippen LogP contribution in [0.5, 0.6) is 0 Å². The average molecular weight is 427 g/mol. The van der Waals surface area contributed by atoms with Crippen molar-refractivity contribution in [3.05, 3.63) is 53.9 Å². The highest BCUT2D eigenvalue weighted by Gasteiger charge is 2.31. The smallest absolute Gasteiger partial charge is 0.226 e. The van der Waals surface area contributed by atoms with Gasteiger partial charge in [0.2, 0.25) is 10.0 Å². The van der Waals surface area contributed by atoms with Gasteiger partial charge in [-0.1, -0.05) is 19.1 Å². The molecule has 0 aliphatic carbocycles. The summed E-state index contributed by atoms with van der Waals surface area (Å²) in [4.78, 5) is 6.52. The van der Waals surface area contributed by atoms with E-state index in [0.717, 1.165) is 11.3 Å². The zero-order valence-electron chi connectivity index (χ0n) is 16.2. The molecule has 0 amide bonds. The molecular formula is C19H27FN4O2S2. The maximum Gasteiger partial charge on any atom is 0.226 e. The Kier molecular flexibility index (Phi) is 6.80. The van der Waals surface area contributed by atoms with Crippen molar-refractivity contribution in [3.63, 3.8) is 0 Å². The van der Waals surface area contributed by atoms with Gasteiger partial charge in [0, 0.05) is 38.9 Å². The van der Waals surface area contributed by atoms with E-state index >= 15 is 0 Å². The van der Waals surface area contributed by atoms with Crippen molar-refractivity contribution in [1.82, 2.24) is 18.8 Å². The molecule has 6 nitrogen and oxygen atoms in total. The van der Waals surface area contributed by atoms with E-state index in [9.17, 15) is 12.8 Å². The van der Waals surface area contributed by atoms with E-state index in [0.29, 0.717) is 39.1 Å². The summed E-state index contributed by atoms with van der Waals surface area (Å²) in [6.07, 6.45) is 4.12. The molecule has 1 saturated heterocycles. The van der Waals surface area contributed by atoms with Crippen molar-refractivity contribution in [2.24, 2.45) is 0 Å². The van der Waals surface area contributed by atoms with Crippen LogP contribution in [0.15, 0.2) is 36.8 Å². The van der Waals surface area contributed by atoms with Crippen LogP contribution in [0, 0.1) is 5.82 Å². The summed E-state index contributed by atoms with van der Waals surface area (Å²) in [6, 6.07) is 6.54. The van der Waals surface area contributed by atoms with Gasteiger partial charge in [-0.15, -0.1) is 0 Å². The van der Waals surface area contributed by atoms with E-state index in [1.54, 1.807) is 22.8 Å². The number of hydrogen-bond acceptors (Lipinski definition) is 5. The molecule has 1 aromatic heterocycles. The standard InChI is InChI=1S/C19H27FN4O2S2/c1-3-19(27)28(25,26)23-10-8-22(9-11-23)13-18-12-21-14-24(18)15(2)16-4-6-17(20)7-5-16/h4-7,12,14-15,19,27H,3,8-11,13H2,1-2H3/t15-,19?/m1/s1. The summed E-state index contributed by atoms with van der Waals surface area (Å²) in [6.45, 7) is 6.86. The van der Waals surface area contributed by atoms with Crippen LogP contribution in [-0.4, -0.2) is 57.9 Å². The number of sulfonamides is 1. The number of rotatable bonds is 7. The Morgan fingerprint density at radius 3 is 2.43 bits per heavy atom. The summed E-state index contributed by atoms with van der Waals surface area (Å²) in [7, 11) is -3.34. The van der Waals surface area contributed by atoms with Gasteiger partial charge in [-0.3, -0.25) is 4.90 Å². The Morgan fingerprint density at radius 1 is 1.18 bits per heavy atom. The van der Waals surface area contributed by atoms with Crippen LogP contribution in [0.4, 0.5) is 4.39 Å². The largest absolute Gasteiger partial charge is 0.326 e. The molecule has 1 aliphatic rings. The first-order valence-corrected chi connectivity index (χ1v) is 11.5. The van der Waals surface area contributed by atoms with E-state index in [1.807, 2.05) is 13.1 Å². The van der Waals surface area contributed by atoms with Gasteiger partial charge in [0.15, 0.2) is 0 Å². The molecular weight excluding hydrogens is 399 g/mol. The number of benzene rings is 1. The van der Waals surface area contributed by atoms with E-state index in [2.05, 4.69) is 34.0 Å². The molecule has 9 heteroatoms. The minimum absolute atomic E-state index is 0.0364. The lowest BCUT2D eigenvalue weighted by Crippen LogP contribution is -2.50. The van der Waals surface area contributed by atoms with Crippen LogP contribution >= 0.6 is 12.6 Å². The van der Waals surface area contributed by atoms with Crippen LogP contribution in [0.25, 0.3) is 0 Å². The second-order valence-electron chi connectivity index (χ2n) is 7.10. The van der Waals surface area contributed by atoms with Gasteiger partial charge in [0.1, 0.15) is 10.4 Å². The lowest BCUT2D eigenvalue weighted by molar-refractivity contribution is 0.177. The molecule has 1 aliphatic heterocycles. The van der Waals surface area contributed by atoms with E-state index in [1.165, 1.54) is 12.1 Å². The molecule has 0 saturated carbocycles. The highest BCUT2D eigenvalue weighted by Crippen LogP contribution is 2.22. The third-order valence-corrected chi connectivity index (χ3v) is 8.56. The van der Waals surface area contributed by atoms with E-state index < -0.39 is 14.6 Å². The van der Waals surface area contributed by atoms with Gasteiger partial charge in [0.05, 0.1) is 18.1 Å². The summed E-state index contributed by atoms with van der Waals surface area (Å²) in [5, 5.41) is 0. The average Bonchev–Trinajstić information content (AvgIpc) is 3.15. The number of imidazole rings is 1. The van der Waals surface area contributed by atoms with Gasteiger partial charge < -0.3 is 4.57 Å². The predicted octanol–water partition coefficient (Wildman–Crippen LogP) is 2.74. The SMILES string of the molecule is CCC(S)S(=O)(=O)N1CCN(Cc2cncn2[C@H](C)c2ccc(F)cc2)CC1. The highest BCUT2D eigenvalue weighted by molar-refractivity contribution is 8.03. The van der Waals surface area contributed by atoms with Crippen LogP contribution < -0.4 is 0 Å². The molecule has 1 aromatic carbocycles. The van der Waals surface area contributed by atoms with Crippen molar-refractivity contribution < 1.29 is 12.8 Å². The summed E-state index contributed by atoms with van der Waals surface area (Å²) >= 11 is 4.21. The van der Waals surface area contributed by atoms with Crippen LogP contribution in [0.3, 0.4) is 0 Å². The maximum absolute atomic E-state index is 13.2. The molecule has 3 rings (SSSR count). The summed E-state index contributed by atoms with van der Waals surface area (Å²) in [5.41, 5.74) is 2.06. The molecule has 0 radical (unpaired) electrons. The Morgan fingerprint density at radius 2 is 1.82 bits per heavy atom. The lowest BCUT2D eigenvalue weighted by atomic mass is 10.1. The third-order valence-electron chi connectivity index (χ3n) is 5.29. The van der Waals surface area contributed by atoms with Crippen molar-refractivity contribution in [3.8, 4) is 0 Å². The molecule has 2 heterocycles. The van der Waals surface area contributed by atoms with E-state index in [4.69, 9.17) is 0 Å². The number of nitrogens with zero attached hydrogens (tertiary/aromatic N) is 4. The Labute approximate surface area is 171 Å². The first-order valence-electron chi connectivity index (χ1n) is 9.48. The molecule has 0 bridgehead atoms. The minimum Gasteiger partial charge on any atom is -0.326 e. The second-order valence-corrected chi connectivity index (χ2v) is 10.2. The number of hydrogen-bond donors (Lipinski definition) is 1. The fourth-order valence-corrected chi connectivity index (χ4v) is 5.30. The van der Waals surface area contributed by atoms with Crippen LogP contribution in [0.2, 0.25) is 0 Å². The zero-order chi connectivity index (χ0) is 20.3. The third kappa shape index (κ3) is 4.59. The number of thiol groups is 1. The number of piperazine rings is 1. The monoisotopic (exact) mass is 426 g/mol. The maximum atomic E-state index is 13.2. The molecule has 0 N–H and O–H groups in total. The molecule has 28 heavy (non-hydrogen) atoms. The van der Waals surface area contributed by atoms with Crippen molar-refractivity contribution in [2.45, 2.75) is 37.4 Å². The molecule has 0 spiro atoms. The minimum atomic E-state index is -3.34. The molecule has 2 atom stereocenters. The summed E-state index contributed by atoms with van der Waals surface area (Å²) < 4.78 is 41.1. The van der Waals surface area contributed by atoms with Crippen molar-refractivity contribution in [1.29, 1.82) is 0 Å². The molecule has 1 fully saturated rings. The van der Waals surface area contributed by atoms with Gasteiger partial charge >= 0.3 is 0 Å². The fourth-order valence-electron chi connectivity index (χ4n) is 3.46. The van der Waals surface area contributed by atoms with Crippen molar-refractivity contribution in [2.75, 3.05) is 26.2 Å². The molecule has 2 aromatic rings. The Bertz CT molecular complexity index is 878. The van der Waals surface area contributed by atoms with E-state index in [-0.39, 0.29) is 11.9 Å². The number of halogens is 1. The van der Waals surface area contributed by atoms with Gasteiger partial charge in [-0.25, -0.2) is 17.8 Å². The van der Waals surface area contributed by atoms with Gasteiger partial charge in [-0.05, 0) is 31.0 Å². The van der Waals surface area contributed by atoms with Gasteiger partial charge in [-0.2, -0.15) is 16.9 Å². The second kappa shape index (κ2) is 8.94. The van der Waals surface area contributed by atoms with Crippen LogP contribution in [-0.2, 0) is 16.6 Å². The fraction of sp³-hybridized carbons (Fsp3) is 0.526. The molecule has 1 unspecified atom stereocenters. The number of aromatic nitrogens is 2. The highest BCUT2D eigenvalue weighted by atomic mass is 32.3. The Hall–Kier alpha value is -1.42. The quantitative estimate of drug-likeness (QED) is 0.692. The zero-order valence-corrected chi connectivity index (χ0v) is 17.9. The topological polar surface area (TPSA) is 58.4 Å². The first kappa shape index (κ1) is 21.3. The van der Waals surface area contributed by atoms with Gasteiger partial charge in [0.25, 0.3) is 0 Å². The Balaban J connectivity index is 1.64. The molecule has 154 valence electrons. The first-order chi connectivity index (χ1) is 13.3. The van der Waals surface area contributed by atoms with Crippen LogP contribution in [0.1, 0.15) is 37.6 Å². The normalized spacial score (nSPS) is 18.9. The summed E-state index contributed by atoms with van der Waals surface area (Å²) in [5.74, 6) is -0.249. The predicted molar refractivity (Wildman–Crippen MR) is 111 cm³/mol.